The maximum atomic E-state index is 10.7. The number of nitrogens with zero attached hydrogens (tertiary/aromatic N) is 1. The van der Waals surface area contributed by atoms with Crippen molar-refractivity contribution in [3.63, 3.8) is 0 Å². The summed E-state index contributed by atoms with van der Waals surface area (Å²) in [5.74, 6) is 0.510. The molecule has 0 amide bonds. The first-order valence-electron chi connectivity index (χ1n) is 5.68. The molecule has 0 aliphatic heterocycles. The molecule has 0 fully saturated rings. The largest absolute Gasteiger partial charge is 0.385 e. The minimum atomic E-state index is -0.358. The van der Waals surface area contributed by atoms with Crippen molar-refractivity contribution >= 4 is 11.4 Å². The number of benzene rings is 1. The van der Waals surface area contributed by atoms with Crippen LogP contribution in [-0.4, -0.2) is 25.1 Å². The van der Waals surface area contributed by atoms with Crippen molar-refractivity contribution in [2.45, 2.75) is 13.8 Å². The van der Waals surface area contributed by atoms with Crippen LogP contribution in [0.15, 0.2) is 18.2 Å². The highest BCUT2D eigenvalue weighted by molar-refractivity contribution is 5.53. The monoisotopic (exact) mass is 237 g/mol. The Balaban J connectivity index is 2.62. The van der Waals surface area contributed by atoms with Crippen molar-refractivity contribution < 1.29 is 4.92 Å². The van der Waals surface area contributed by atoms with E-state index >= 15 is 0 Å². The molecule has 0 bridgehead atoms. The van der Waals surface area contributed by atoms with Gasteiger partial charge in [0, 0.05) is 23.9 Å². The highest BCUT2D eigenvalue weighted by atomic mass is 16.6. The summed E-state index contributed by atoms with van der Waals surface area (Å²) in [6.45, 7) is 5.68. The van der Waals surface area contributed by atoms with Gasteiger partial charge in [-0.3, -0.25) is 10.1 Å². The zero-order chi connectivity index (χ0) is 12.8. The Morgan fingerprint density at radius 1 is 1.41 bits per heavy atom. The van der Waals surface area contributed by atoms with Crippen LogP contribution in [0.2, 0.25) is 0 Å². The van der Waals surface area contributed by atoms with Crippen LogP contribution in [-0.2, 0) is 0 Å². The molecule has 5 nitrogen and oxygen atoms in total. The zero-order valence-corrected chi connectivity index (χ0v) is 10.5. The van der Waals surface area contributed by atoms with Crippen LogP contribution in [0.25, 0.3) is 0 Å². The van der Waals surface area contributed by atoms with Gasteiger partial charge < -0.3 is 10.6 Å². The zero-order valence-electron chi connectivity index (χ0n) is 10.5. The fourth-order valence-corrected chi connectivity index (χ4v) is 1.68. The van der Waals surface area contributed by atoms with E-state index in [1.54, 1.807) is 19.1 Å². The lowest BCUT2D eigenvalue weighted by atomic mass is 10.1. The van der Waals surface area contributed by atoms with E-state index in [1.807, 2.05) is 13.1 Å². The molecule has 0 aliphatic carbocycles. The second-order valence-electron chi connectivity index (χ2n) is 4.30. The SMILES string of the molecule is CNCC(C)CNc1ccc([N+](=O)[O-])c(C)c1. The predicted octanol–water partition coefficient (Wildman–Crippen LogP) is 2.17. The number of nitro benzene ring substituents is 1. The van der Waals surface area contributed by atoms with Crippen molar-refractivity contribution in [2.24, 2.45) is 5.92 Å². The Morgan fingerprint density at radius 3 is 2.65 bits per heavy atom. The quantitative estimate of drug-likeness (QED) is 0.587. The summed E-state index contributed by atoms with van der Waals surface area (Å²) < 4.78 is 0. The molecule has 1 rings (SSSR count). The molecule has 17 heavy (non-hydrogen) atoms. The lowest BCUT2D eigenvalue weighted by molar-refractivity contribution is -0.385. The number of rotatable bonds is 6. The van der Waals surface area contributed by atoms with Crippen LogP contribution >= 0.6 is 0 Å². The van der Waals surface area contributed by atoms with Gasteiger partial charge in [0.1, 0.15) is 0 Å². The molecule has 1 aromatic carbocycles. The second-order valence-corrected chi connectivity index (χ2v) is 4.30. The first-order chi connectivity index (χ1) is 8.04. The highest BCUT2D eigenvalue weighted by Gasteiger charge is 2.10. The van der Waals surface area contributed by atoms with Gasteiger partial charge in [-0.05, 0) is 38.6 Å². The molecular weight excluding hydrogens is 218 g/mol. The molecule has 0 saturated carbocycles. The van der Waals surface area contributed by atoms with Gasteiger partial charge in [0.25, 0.3) is 5.69 Å². The molecule has 0 heterocycles. The third-order valence-corrected chi connectivity index (χ3v) is 2.60. The Bertz CT molecular complexity index is 393. The van der Waals surface area contributed by atoms with Crippen LogP contribution in [0.1, 0.15) is 12.5 Å². The van der Waals surface area contributed by atoms with Gasteiger partial charge in [0.2, 0.25) is 0 Å². The fourth-order valence-electron chi connectivity index (χ4n) is 1.68. The summed E-state index contributed by atoms with van der Waals surface area (Å²) >= 11 is 0. The molecular formula is C12H19N3O2. The van der Waals surface area contributed by atoms with Crippen LogP contribution in [0.4, 0.5) is 11.4 Å². The number of anilines is 1. The maximum Gasteiger partial charge on any atom is 0.272 e. The van der Waals surface area contributed by atoms with E-state index < -0.39 is 0 Å². The Morgan fingerprint density at radius 2 is 2.12 bits per heavy atom. The molecule has 0 radical (unpaired) electrons. The van der Waals surface area contributed by atoms with E-state index in [1.165, 1.54) is 0 Å². The second kappa shape index (κ2) is 6.20. The predicted molar refractivity (Wildman–Crippen MR) is 69.4 cm³/mol. The van der Waals surface area contributed by atoms with Gasteiger partial charge in [-0.2, -0.15) is 0 Å². The Kier molecular flexibility index (Phi) is 4.90. The molecule has 0 spiro atoms. The van der Waals surface area contributed by atoms with E-state index in [0.717, 1.165) is 18.8 Å². The van der Waals surface area contributed by atoms with Gasteiger partial charge >= 0.3 is 0 Å². The van der Waals surface area contributed by atoms with Crippen LogP contribution in [0.3, 0.4) is 0 Å². The van der Waals surface area contributed by atoms with Gasteiger partial charge in [-0.1, -0.05) is 6.92 Å². The number of nitro groups is 1. The van der Waals surface area contributed by atoms with Crippen molar-refractivity contribution in [3.8, 4) is 0 Å². The summed E-state index contributed by atoms with van der Waals surface area (Å²) in [5, 5.41) is 17.0. The lowest BCUT2D eigenvalue weighted by Gasteiger charge is -2.13. The minimum absolute atomic E-state index is 0.166. The molecule has 1 unspecified atom stereocenters. The van der Waals surface area contributed by atoms with Crippen LogP contribution in [0, 0.1) is 23.0 Å². The van der Waals surface area contributed by atoms with E-state index in [-0.39, 0.29) is 10.6 Å². The van der Waals surface area contributed by atoms with E-state index in [4.69, 9.17) is 0 Å². The van der Waals surface area contributed by atoms with Crippen LogP contribution in [0.5, 0.6) is 0 Å². The molecule has 5 heteroatoms. The molecule has 0 aliphatic rings. The topological polar surface area (TPSA) is 67.2 Å². The van der Waals surface area contributed by atoms with Gasteiger partial charge in [0.05, 0.1) is 4.92 Å². The summed E-state index contributed by atoms with van der Waals surface area (Å²) in [4.78, 5) is 10.3. The van der Waals surface area contributed by atoms with E-state index in [9.17, 15) is 10.1 Å². The van der Waals surface area contributed by atoms with E-state index in [0.29, 0.717) is 11.5 Å². The summed E-state index contributed by atoms with van der Waals surface area (Å²) in [6.07, 6.45) is 0. The average molecular weight is 237 g/mol. The minimum Gasteiger partial charge on any atom is -0.385 e. The maximum absolute atomic E-state index is 10.7. The summed E-state index contributed by atoms with van der Waals surface area (Å²) in [6, 6.07) is 5.10. The van der Waals surface area contributed by atoms with E-state index in [2.05, 4.69) is 17.6 Å². The lowest BCUT2D eigenvalue weighted by Crippen LogP contribution is -2.22. The van der Waals surface area contributed by atoms with Gasteiger partial charge in [-0.15, -0.1) is 0 Å². The van der Waals surface area contributed by atoms with Gasteiger partial charge in [-0.25, -0.2) is 0 Å². The average Bonchev–Trinajstić information content (AvgIpc) is 2.26. The van der Waals surface area contributed by atoms with Crippen molar-refractivity contribution in [2.75, 3.05) is 25.5 Å². The van der Waals surface area contributed by atoms with Crippen molar-refractivity contribution in [3.05, 3.63) is 33.9 Å². The molecule has 0 aromatic heterocycles. The molecule has 1 aromatic rings. The molecule has 1 atom stereocenters. The third kappa shape index (κ3) is 4.03. The molecule has 94 valence electrons. The Hall–Kier alpha value is -1.62. The fraction of sp³-hybridized carbons (Fsp3) is 0.500. The summed E-state index contributed by atoms with van der Waals surface area (Å²) in [7, 11) is 1.92. The van der Waals surface area contributed by atoms with Gasteiger partial charge in [0.15, 0.2) is 0 Å². The summed E-state index contributed by atoms with van der Waals surface area (Å²) in [5.41, 5.74) is 1.77. The number of hydrogen-bond acceptors (Lipinski definition) is 4. The highest BCUT2D eigenvalue weighted by Crippen LogP contribution is 2.21. The number of hydrogen-bond donors (Lipinski definition) is 2. The normalized spacial score (nSPS) is 12.2. The first kappa shape index (κ1) is 13.4. The number of nitrogens with one attached hydrogen (secondary N) is 2. The Labute approximate surface area is 101 Å². The first-order valence-corrected chi connectivity index (χ1v) is 5.68. The third-order valence-electron chi connectivity index (χ3n) is 2.60. The van der Waals surface area contributed by atoms with Crippen molar-refractivity contribution in [1.29, 1.82) is 0 Å². The molecule has 0 saturated heterocycles. The van der Waals surface area contributed by atoms with Crippen LogP contribution < -0.4 is 10.6 Å². The number of aryl methyl sites for hydroxylation is 1. The standard InChI is InChI=1S/C12H19N3O2/c1-9(7-13-3)8-14-11-4-5-12(15(16)17)10(2)6-11/h4-6,9,13-14H,7-8H2,1-3H3. The van der Waals surface area contributed by atoms with Crippen molar-refractivity contribution in [1.82, 2.24) is 5.32 Å². The smallest absolute Gasteiger partial charge is 0.272 e. The molecule has 2 N–H and O–H groups in total.